The van der Waals surface area contributed by atoms with E-state index >= 15 is 0 Å². The largest absolute Gasteiger partial charge is 0.391 e. The maximum Gasteiger partial charge on any atom is 0.267 e. The number of ether oxygens (including phenoxy) is 1. The van der Waals surface area contributed by atoms with E-state index in [-0.39, 0.29) is 5.69 Å². The summed E-state index contributed by atoms with van der Waals surface area (Å²) < 4.78 is 4.81. The van der Waals surface area contributed by atoms with Crippen molar-refractivity contribution in [2.75, 3.05) is 25.6 Å². The quantitative estimate of drug-likeness (QED) is 0.621. The van der Waals surface area contributed by atoms with Crippen LogP contribution in [0.1, 0.15) is 16.9 Å². The Morgan fingerprint density at radius 3 is 3.12 bits per heavy atom. The van der Waals surface area contributed by atoms with Gasteiger partial charge in [-0.1, -0.05) is 0 Å². The van der Waals surface area contributed by atoms with E-state index in [1.54, 1.807) is 19.2 Å². The molecule has 0 aliphatic carbocycles. The van der Waals surface area contributed by atoms with E-state index in [0.717, 1.165) is 5.69 Å². The third-order valence-corrected chi connectivity index (χ3v) is 2.18. The van der Waals surface area contributed by atoms with Crippen LogP contribution in [0.3, 0.4) is 0 Å². The van der Waals surface area contributed by atoms with Crippen molar-refractivity contribution in [2.24, 2.45) is 5.73 Å². The summed E-state index contributed by atoms with van der Waals surface area (Å²) in [6.45, 7) is 0.886. The lowest BCUT2D eigenvalue weighted by Crippen LogP contribution is -2.18. The highest BCUT2D eigenvalue weighted by atomic mass is 16.5. The molecule has 6 heteroatoms. The number of hydrogen-bond donors (Lipinski definition) is 3. The number of aliphatic hydroxyl groups is 1. The molecule has 0 bridgehead atoms. The number of nitrogens with zero attached hydrogens (tertiary/aromatic N) is 1. The van der Waals surface area contributed by atoms with Gasteiger partial charge in [-0.3, -0.25) is 9.78 Å². The van der Waals surface area contributed by atoms with Crippen LogP contribution in [0.4, 0.5) is 5.69 Å². The van der Waals surface area contributed by atoms with E-state index in [9.17, 15) is 9.90 Å². The Bertz CT molecular complexity index is 371. The minimum atomic E-state index is -0.562. The highest BCUT2D eigenvalue weighted by Crippen LogP contribution is 2.07. The third-order valence-electron chi connectivity index (χ3n) is 2.18. The summed E-state index contributed by atoms with van der Waals surface area (Å²) in [5.41, 5.74) is 6.08. The second-order valence-corrected chi connectivity index (χ2v) is 3.62. The zero-order valence-corrected chi connectivity index (χ0v) is 9.72. The molecule has 1 aromatic rings. The molecular weight excluding hydrogens is 222 g/mol. The number of carbonyl (C=O) groups excluding carboxylic acids is 1. The Balaban J connectivity index is 2.41. The van der Waals surface area contributed by atoms with Gasteiger partial charge < -0.3 is 20.9 Å². The predicted octanol–water partition coefficient (Wildman–Crippen LogP) is -0.0102. The summed E-state index contributed by atoms with van der Waals surface area (Å²) >= 11 is 0. The van der Waals surface area contributed by atoms with E-state index in [0.29, 0.717) is 19.6 Å². The first-order valence-electron chi connectivity index (χ1n) is 5.30. The number of primary amides is 1. The maximum absolute atomic E-state index is 10.9. The molecule has 4 N–H and O–H groups in total. The van der Waals surface area contributed by atoms with Crippen LogP contribution >= 0.6 is 0 Å². The highest BCUT2D eigenvalue weighted by molar-refractivity contribution is 5.91. The van der Waals surface area contributed by atoms with Crippen molar-refractivity contribution >= 4 is 11.6 Å². The summed E-state index contributed by atoms with van der Waals surface area (Å²) in [4.78, 5) is 14.7. The van der Waals surface area contributed by atoms with Gasteiger partial charge in [-0.2, -0.15) is 0 Å². The molecule has 0 saturated heterocycles. The van der Waals surface area contributed by atoms with Gasteiger partial charge in [0, 0.05) is 25.5 Å². The topological polar surface area (TPSA) is 97.5 Å². The van der Waals surface area contributed by atoms with Crippen molar-refractivity contribution < 1.29 is 14.6 Å². The molecule has 0 aliphatic heterocycles. The number of pyridine rings is 1. The fraction of sp³-hybridized carbons (Fsp3) is 0.455. The number of carbonyl (C=O) groups is 1. The summed E-state index contributed by atoms with van der Waals surface area (Å²) in [6, 6.07) is 3.31. The number of anilines is 1. The second kappa shape index (κ2) is 6.82. The predicted molar refractivity (Wildman–Crippen MR) is 63.7 cm³/mol. The molecule has 0 aliphatic rings. The average Bonchev–Trinajstić information content (AvgIpc) is 2.30. The second-order valence-electron chi connectivity index (χ2n) is 3.62. The van der Waals surface area contributed by atoms with Crippen molar-refractivity contribution in [1.29, 1.82) is 0 Å². The molecule has 0 spiro atoms. The standard InChI is InChI=1S/C11H17N3O3/c1-17-7-9(15)3-5-13-8-2-4-14-10(6-8)11(12)16/h2,4,6,9,15H,3,5,7H2,1H3,(H2,12,16)(H,13,14). The van der Waals surface area contributed by atoms with Gasteiger partial charge in [0.1, 0.15) is 5.69 Å². The number of amides is 1. The monoisotopic (exact) mass is 239 g/mol. The molecule has 0 saturated carbocycles. The molecule has 17 heavy (non-hydrogen) atoms. The van der Waals surface area contributed by atoms with Gasteiger partial charge in [0.15, 0.2) is 0 Å². The van der Waals surface area contributed by atoms with E-state index in [4.69, 9.17) is 10.5 Å². The van der Waals surface area contributed by atoms with Crippen LogP contribution in [-0.4, -0.2) is 42.4 Å². The van der Waals surface area contributed by atoms with Crippen LogP contribution in [0, 0.1) is 0 Å². The normalized spacial score (nSPS) is 12.1. The zero-order chi connectivity index (χ0) is 12.7. The molecule has 0 radical (unpaired) electrons. The lowest BCUT2D eigenvalue weighted by molar-refractivity contribution is 0.0615. The molecule has 1 unspecified atom stereocenters. The zero-order valence-electron chi connectivity index (χ0n) is 9.72. The first-order valence-corrected chi connectivity index (χ1v) is 5.30. The molecule has 1 rings (SSSR count). The van der Waals surface area contributed by atoms with Crippen LogP contribution in [0.25, 0.3) is 0 Å². The van der Waals surface area contributed by atoms with Crippen molar-refractivity contribution in [3.05, 3.63) is 24.0 Å². The van der Waals surface area contributed by atoms with Gasteiger partial charge in [-0.25, -0.2) is 0 Å². The molecule has 1 amide bonds. The SMILES string of the molecule is COCC(O)CCNc1ccnc(C(N)=O)c1. The number of nitrogens with two attached hydrogens (primary N) is 1. The number of methoxy groups -OCH3 is 1. The van der Waals surface area contributed by atoms with Crippen molar-refractivity contribution in [3.63, 3.8) is 0 Å². The Kier molecular flexibility index (Phi) is 5.38. The van der Waals surface area contributed by atoms with Crippen molar-refractivity contribution in [2.45, 2.75) is 12.5 Å². The summed E-state index contributed by atoms with van der Waals surface area (Å²) in [6.07, 6.45) is 1.57. The van der Waals surface area contributed by atoms with Gasteiger partial charge in [-0.05, 0) is 18.6 Å². The van der Waals surface area contributed by atoms with E-state index in [1.165, 1.54) is 6.20 Å². The summed E-state index contributed by atoms with van der Waals surface area (Å²) in [5.74, 6) is -0.562. The lowest BCUT2D eigenvalue weighted by Gasteiger charge is -2.11. The van der Waals surface area contributed by atoms with Gasteiger partial charge in [0.25, 0.3) is 5.91 Å². The molecular formula is C11H17N3O3. The van der Waals surface area contributed by atoms with Gasteiger partial charge in [-0.15, -0.1) is 0 Å². The molecule has 94 valence electrons. The van der Waals surface area contributed by atoms with E-state index < -0.39 is 12.0 Å². The number of aliphatic hydroxyl groups excluding tert-OH is 1. The Morgan fingerprint density at radius 1 is 1.71 bits per heavy atom. The smallest absolute Gasteiger partial charge is 0.267 e. The Labute approximate surface area is 99.8 Å². The third kappa shape index (κ3) is 4.80. The van der Waals surface area contributed by atoms with Crippen LogP contribution in [-0.2, 0) is 4.74 Å². The van der Waals surface area contributed by atoms with Gasteiger partial charge in [0.05, 0.1) is 12.7 Å². The first kappa shape index (κ1) is 13.4. The highest BCUT2D eigenvalue weighted by Gasteiger charge is 2.04. The number of rotatable bonds is 7. The molecule has 1 aromatic heterocycles. The van der Waals surface area contributed by atoms with Crippen LogP contribution in [0.15, 0.2) is 18.3 Å². The van der Waals surface area contributed by atoms with Crippen LogP contribution < -0.4 is 11.1 Å². The Hall–Kier alpha value is -1.66. The molecule has 1 atom stereocenters. The summed E-state index contributed by atoms with van der Waals surface area (Å²) in [5, 5.41) is 12.5. The maximum atomic E-state index is 10.9. The van der Waals surface area contributed by atoms with Gasteiger partial charge in [0.2, 0.25) is 0 Å². The lowest BCUT2D eigenvalue weighted by atomic mass is 10.2. The number of aromatic nitrogens is 1. The van der Waals surface area contributed by atoms with Gasteiger partial charge >= 0.3 is 0 Å². The fourth-order valence-electron chi connectivity index (χ4n) is 1.33. The fourth-order valence-corrected chi connectivity index (χ4v) is 1.33. The first-order chi connectivity index (χ1) is 8.13. The van der Waals surface area contributed by atoms with Crippen molar-refractivity contribution in [1.82, 2.24) is 4.98 Å². The molecule has 6 nitrogen and oxygen atoms in total. The minimum Gasteiger partial charge on any atom is -0.391 e. The van der Waals surface area contributed by atoms with Crippen molar-refractivity contribution in [3.8, 4) is 0 Å². The molecule has 1 heterocycles. The van der Waals surface area contributed by atoms with E-state index in [2.05, 4.69) is 10.3 Å². The average molecular weight is 239 g/mol. The Morgan fingerprint density at radius 2 is 2.47 bits per heavy atom. The molecule has 0 fully saturated rings. The number of nitrogens with one attached hydrogen (secondary N) is 1. The number of hydrogen-bond acceptors (Lipinski definition) is 5. The van der Waals surface area contributed by atoms with Crippen LogP contribution in [0.5, 0.6) is 0 Å². The summed E-state index contributed by atoms with van der Waals surface area (Å²) in [7, 11) is 1.54. The molecule has 0 aromatic carbocycles. The minimum absolute atomic E-state index is 0.215. The van der Waals surface area contributed by atoms with E-state index in [1.807, 2.05) is 0 Å². The van der Waals surface area contributed by atoms with Crippen LogP contribution in [0.2, 0.25) is 0 Å².